The number of amides is 1. The first kappa shape index (κ1) is 18.2. The standard InChI is InChI=1S/C18H12ClF2N3OS/c19-14(9-12-3-1-2-4-15(12)21)17-23-24-18(26-17)16(25)22-10-11-5-7-13(20)8-6-11/h1-9H,10H2,(H,22,25). The zero-order valence-electron chi connectivity index (χ0n) is 13.2. The third kappa shape index (κ3) is 4.50. The summed E-state index contributed by atoms with van der Waals surface area (Å²) in [6.45, 7) is 0.229. The van der Waals surface area contributed by atoms with Gasteiger partial charge in [-0.2, -0.15) is 0 Å². The van der Waals surface area contributed by atoms with Gasteiger partial charge in [0.15, 0.2) is 5.01 Å². The summed E-state index contributed by atoms with van der Waals surface area (Å²) < 4.78 is 26.5. The molecule has 0 spiro atoms. The van der Waals surface area contributed by atoms with Gasteiger partial charge >= 0.3 is 0 Å². The Kier molecular flexibility index (Phi) is 5.70. The highest BCUT2D eigenvalue weighted by molar-refractivity contribution is 7.15. The Morgan fingerprint density at radius 2 is 1.77 bits per heavy atom. The molecule has 0 aliphatic carbocycles. The van der Waals surface area contributed by atoms with E-state index in [4.69, 9.17) is 11.6 Å². The van der Waals surface area contributed by atoms with Gasteiger partial charge in [-0.15, -0.1) is 10.2 Å². The van der Waals surface area contributed by atoms with Crippen molar-refractivity contribution in [2.75, 3.05) is 0 Å². The second kappa shape index (κ2) is 8.16. The van der Waals surface area contributed by atoms with Gasteiger partial charge in [0.25, 0.3) is 5.91 Å². The molecule has 4 nitrogen and oxygen atoms in total. The minimum absolute atomic E-state index is 0.127. The lowest BCUT2D eigenvalue weighted by Crippen LogP contribution is -2.22. The monoisotopic (exact) mass is 391 g/mol. The van der Waals surface area contributed by atoms with Crippen LogP contribution in [0.1, 0.15) is 25.9 Å². The van der Waals surface area contributed by atoms with Crippen LogP contribution in [0, 0.1) is 11.6 Å². The molecular weight excluding hydrogens is 380 g/mol. The van der Waals surface area contributed by atoms with Gasteiger partial charge in [-0.25, -0.2) is 8.78 Å². The van der Waals surface area contributed by atoms with E-state index in [0.717, 1.165) is 16.9 Å². The molecule has 1 amide bonds. The Morgan fingerprint density at radius 3 is 2.50 bits per heavy atom. The first-order valence-corrected chi connectivity index (χ1v) is 8.70. The fourth-order valence-corrected chi connectivity index (χ4v) is 3.00. The number of carbonyl (C=O) groups excluding carboxylic acids is 1. The quantitative estimate of drug-likeness (QED) is 0.697. The molecule has 0 saturated heterocycles. The van der Waals surface area contributed by atoms with Gasteiger partial charge in [-0.1, -0.05) is 53.3 Å². The molecule has 26 heavy (non-hydrogen) atoms. The first-order valence-electron chi connectivity index (χ1n) is 7.51. The molecule has 1 heterocycles. The lowest BCUT2D eigenvalue weighted by molar-refractivity contribution is 0.0950. The van der Waals surface area contributed by atoms with Crippen LogP contribution >= 0.6 is 22.9 Å². The maximum atomic E-state index is 13.7. The van der Waals surface area contributed by atoms with E-state index in [2.05, 4.69) is 15.5 Å². The van der Waals surface area contributed by atoms with E-state index in [-0.39, 0.29) is 22.4 Å². The summed E-state index contributed by atoms with van der Waals surface area (Å²) in [5.41, 5.74) is 1.07. The zero-order valence-corrected chi connectivity index (χ0v) is 14.8. The summed E-state index contributed by atoms with van der Waals surface area (Å²) >= 11 is 7.15. The summed E-state index contributed by atoms with van der Waals surface area (Å²) in [6, 6.07) is 12.0. The minimum atomic E-state index is -0.423. The van der Waals surface area contributed by atoms with Gasteiger partial charge < -0.3 is 5.32 Å². The van der Waals surface area contributed by atoms with E-state index < -0.39 is 11.7 Å². The third-order valence-corrected chi connectivity index (χ3v) is 4.73. The van der Waals surface area contributed by atoms with Gasteiger partial charge in [0, 0.05) is 12.1 Å². The van der Waals surface area contributed by atoms with E-state index in [9.17, 15) is 13.6 Å². The molecule has 0 aliphatic heterocycles. The number of benzene rings is 2. The predicted molar refractivity (Wildman–Crippen MR) is 97.6 cm³/mol. The van der Waals surface area contributed by atoms with Crippen LogP contribution in [0.3, 0.4) is 0 Å². The van der Waals surface area contributed by atoms with Crippen LogP contribution in [0.2, 0.25) is 0 Å². The molecule has 132 valence electrons. The maximum absolute atomic E-state index is 13.7. The fraction of sp³-hybridized carbons (Fsp3) is 0.0556. The number of hydrogen-bond acceptors (Lipinski definition) is 4. The van der Waals surface area contributed by atoms with Gasteiger partial charge in [0.2, 0.25) is 5.01 Å². The van der Waals surface area contributed by atoms with Crippen molar-refractivity contribution in [3.8, 4) is 0 Å². The van der Waals surface area contributed by atoms with Crippen LogP contribution in [0.5, 0.6) is 0 Å². The number of aromatic nitrogens is 2. The predicted octanol–water partition coefficient (Wildman–Crippen LogP) is 4.48. The molecule has 0 atom stereocenters. The van der Waals surface area contributed by atoms with Crippen molar-refractivity contribution in [3.05, 3.63) is 81.3 Å². The summed E-state index contributed by atoms with van der Waals surface area (Å²) in [4.78, 5) is 12.1. The Morgan fingerprint density at radius 1 is 1.08 bits per heavy atom. The number of rotatable bonds is 5. The van der Waals surface area contributed by atoms with E-state index in [1.807, 2.05) is 0 Å². The van der Waals surface area contributed by atoms with Crippen LogP contribution in [0.15, 0.2) is 48.5 Å². The highest BCUT2D eigenvalue weighted by atomic mass is 35.5. The number of carbonyl (C=O) groups is 1. The van der Waals surface area contributed by atoms with E-state index in [0.29, 0.717) is 10.6 Å². The molecule has 3 aromatic rings. The van der Waals surface area contributed by atoms with E-state index in [1.165, 1.54) is 24.3 Å². The molecule has 1 aromatic heterocycles. The highest BCUT2D eigenvalue weighted by Crippen LogP contribution is 2.26. The van der Waals surface area contributed by atoms with Crippen LogP contribution in [0.25, 0.3) is 11.1 Å². The molecule has 0 radical (unpaired) electrons. The largest absolute Gasteiger partial charge is 0.346 e. The van der Waals surface area contributed by atoms with Crippen molar-refractivity contribution < 1.29 is 13.6 Å². The van der Waals surface area contributed by atoms with Crippen molar-refractivity contribution in [3.63, 3.8) is 0 Å². The molecule has 0 aliphatic rings. The summed E-state index contributed by atoms with van der Waals surface area (Å²) in [5.74, 6) is -1.18. The summed E-state index contributed by atoms with van der Waals surface area (Å²) in [5, 5.41) is 11.0. The molecule has 3 rings (SSSR count). The lowest BCUT2D eigenvalue weighted by atomic mass is 10.2. The molecule has 0 unspecified atom stereocenters. The molecule has 1 N–H and O–H groups in total. The molecule has 0 bridgehead atoms. The topological polar surface area (TPSA) is 54.9 Å². The Labute approximate surface area is 157 Å². The van der Waals surface area contributed by atoms with Crippen LogP contribution in [0.4, 0.5) is 8.78 Å². The third-order valence-electron chi connectivity index (χ3n) is 3.38. The first-order chi connectivity index (χ1) is 12.5. The van der Waals surface area contributed by atoms with Crippen LogP contribution < -0.4 is 5.32 Å². The molecular formula is C18H12ClF2N3OS. The number of nitrogens with zero attached hydrogens (tertiary/aromatic N) is 2. The lowest BCUT2D eigenvalue weighted by Gasteiger charge is -2.02. The van der Waals surface area contributed by atoms with Crippen molar-refractivity contribution in [2.24, 2.45) is 0 Å². The van der Waals surface area contributed by atoms with Gasteiger partial charge in [-0.3, -0.25) is 4.79 Å². The van der Waals surface area contributed by atoms with Crippen molar-refractivity contribution in [1.29, 1.82) is 0 Å². The van der Waals surface area contributed by atoms with E-state index in [1.54, 1.807) is 30.3 Å². The minimum Gasteiger partial charge on any atom is -0.346 e. The SMILES string of the molecule is O=C(NCc1ccc(F)cc1)c1nnc(C(Cl)=Cc2ccccc2F)s1. The number of nitrogens with one attached hydrogen (secondary N) is 1. The average molecular weight is 392 g/mol. The Balaban J connectivity index is 1.67. The second-order valence-corrected chi connectivity index (χ2v) is 6.62. The number of halogens is 3. The number of hydrogen-bond donors (Lipinski definition) is 1. The smallest absolute Gasteiger partial charge is 0.282 e. The van der Waals surface area contributed by atoms with Crippen LogP contribution in [-0.4, -0.2) is 16.1 Å². The second-order valence-electron chi connectivity index (χ2n) is 5.24. The Bertz CT molecular complexity index is 957. The van der Waals surface area contributed by atoms with Gasteiger partial charge in [-0.05, 0) is 29.8 Å². The van der Waals surface area contributed by atoms with Gasteiger partial charge in [0.1, 0.15) is 11.6 Å². The molecule has 2 aromatic carbocycles. The summed E-state index contributed by atoms with van der Waals surface area (Å²) in [7, 11) is 0. The summed E-state index contributed by atoms with van der Waals surface area (Å²) in [6.07, 6.45) is 1.43. The average Bonchev–Trinajstić information content (AvgIpc) is 3.13. The van der Waals surface area contributed by atoms with Crippen molar-refractivity contribution >= 4 is 40.0 Å². The fourth-order valence-electron chi connectivity index (χ4n) is 2.06. The maximum Gasteiger partial charge on any atom is 0.282 e. The van der Waals surface area contributed by atoms with Crippen molar-refractivity contribution in [1.82, 2.24) is 15.5 Å². The zero-order chi connectivity index (χ0) is 18.5. The van der Waals surface area contributed by atoms with Crippen molar-refractivity contribution in [2.45, 2.75) is 6.54 Å². The molecule has 8 heteroatoms. The normalized spacial score (nSPS) is 11.4. The van der Waals surface area contributed by atoms with E-state index >= 15 is 0 Å². The van der Waals surface area contributed by atoms with Gasteiger partial charge in [0.05, 0.1) is 5.03 Å². The Hall–Kier alpha value is -2.64. The highest BCUT2D eigenvalue weighted by Gasteiger charge is 2.14. The molecule has 0 fully saturated rings. The van der Waals surface area contributed by atoms with Crippen LogP contribution in [-0.2, 0) is 6.54 Å². The molecule has 0 saturated carbocycles.